The van der Waals surface area contributed by atoms with E-state index >= 15 is 0 Å². The third-order valence-electron chi connectivity index (χ3n) is 5.70. The highest BCUT2D eigenvalue weighted by molar-refractivity contribution is 6.31. The van der Waals surface area contributed by atoms with E-state index in [1.165, 1.54) is 4.90 Å². The Morgan fingerprint density at radius 2 is 1.70 bits per heavy atom. The monoisotopic (exact) mass is 524 g/mol. The first-order valence-corrected chi connectivity index (χ1v) is 12.4. The van der Waals surface area contributed by atoms with Crippen molar-refractivity contribution in [2.24, 2.45) is 0 Å². The first-order valence-electron chi connectivity index (χ1n) is 12.0. The van der Waals surface area contributed by atoms with Crippen molar-refractivity contribution in [3.63, 3.8) is 0 Å². The van der Waals surface area contributed by atoms with E-state index < -0.39 is 23.4 Å². The fourth-order valence-electron chi connectivity index (χ4n) is 3.82. The first-order chi connectivity index (χ1) is 17.4. The zero-order valence-corrected chi connectivity index (χ0v) is 22.8. The molecule has 0 fully saturated rings. The number of benzene rings is 2. The van der Waals surface area contributed by atoms with Crippen LogP contribution in [0.3, 0.4) is 0 Å². The van der Waals surface area contributed by atoms with E-state index in [9.17, 15) is 14.4 Å². The molecule has 0 aliphatic rings. The van der Waals surface area contributed by atoms with Crippen LogP contribution in [0.25, 0.3) is 0 Å². The molecule has 0 aliphatic heterocycles. The molecular weight excluding hydrogens is 492 g/mol. The Bertz CT molecular complexity index is 1300. The van der Waals surface area contributed by atoms with Crippen LogP contribution in [0.4, 0.5) is 11.5 Å². The summed E-state index contributed by atoms with van der Waals surface area (Å²) in [6, 6.07) is 13.1. The van der Waals surface area contributed by atoms with Crippen molar-refractivity contribution in [2.75, 3.05) is 10.2 Å². The average Bonchev–Trinajstić information content (AvgIpc) is 3.21. The predicted octanol–water partition coefficient (Wildman–Crippen LogP) is 5.66. The fourth-order valence-corrected chi connectivity index (χ4v) is 4.06. The van der Waals surface area contributed by atoms with Crippen LogP contribution in [0.2, 0.25) is 5.02 Å². The lowest BCUT2D eigenvalue weighted by molar-refractivity contribution is -0.128. The molecule has 2 N–H and O–H groups in total. The van der Waals surface area contributed by atoms with E-state index in [0.29, 0.717) is 22.0 Å². The quantitative estimate of drug-likeness (QED) is 0.395. The van der Waals surface area contributed by atoms with E-state index in [0.717, 1.165) is 11.1 Å². The van der Waals surface area contributed by atoms with Gasteiger partial charge in [0.15, 0.2) is 5.82 Å². The molecule has 3 rings (SSSR count). The third-order valence-corrected chi connectivity index (χ3v) is 6.05. The molecule has 3 aromatic rings. The minimum atomic E-state index is -1.05. The largest absolute Gasteiger partial charge is 0.360 e. The van der Waals surface area contributed by atoms with Crippen molar-refractivity contribution in [3.8, 4) is 0 Å². The first kappa shape index (κ1) is 27.9. The molecule has 8 nitrogen and oxygen atoms in total. The predicted molar refractivity (Wildman–Crippen MR) is 145 cm³/mol. The number of nitrogens with one attached hydrogen (secondary N) is 2. The summed E-state index contributed by atoms with van der Waals surface area (Å²) in [5.41, 5.74) is 2.48. The van der Waals surface area contributed by atoms with E-state index in [1.807, 2.05) is 46.8 Å². The molecule has 1 heterocycles. The Morgan fingerprint density at radius 3 is 2.30 bits per heavy atom. The van der Waals surface area contributed by atoms with Crippen LogP contribution in [-0.2, 0) is 14.4 Å². The SMILES string of the molecule is Cc1cc(NC(=O)CCC(=O)N(c2ccc(C)c(C)c2)[C@@H](C(=O)NC(C)(C)C)c2ccccc2Cl)no1. The minimum Gasteiger partial charge on any atom is -0.360 e. The Morgan fingerprint density at radius 1 is 1.00 bits per heavy atom. The van der Waals surface area contributed by atoms with Gasteiger partial charge in [0.1, 0.15) is 11.8 Å². The van der Waals surface area contributed by atoms with Crippen molar-refractivity contribution in [1.29, 1.82) is 0 Å². The number of amides is 3. The average molecular weight is 525 g/mol. The number of anilines is 2. The van der Waals surface area contributed by atoms with Crippen molar-refractivity contribution in [2.45, 2.75) is 66.0 Å². The van der Waals surface area contributed by atoms with Gasteiger partial charge in [-0.25, -0.2) is 0 Å². The molecule has 2 aromatic carbocycles. The summed E-state index contributed by atoms with van der Waals surface area (Å²) in [6.45, 7) is 11.2. The second-order valence-electron chi connectivity index (χ2n) is 10.1. The number of carbonyl (C=O) groups excluding carboxylic acids is 3. The van der Waals surface area contributed by atoms with Gasteiger partial charge in [0.2, 0.25) is 17.7 Å². The number of nitrogens with zero attached hydrogens (tertiary/aromatic N) is 2. The summed E-state index contributed by atoms with van der Waals surface area (Å²) in [4.78, 5) is 41.5. The van der Waals surface area contributed by atoms with E-state index in [2.05, 4.69) is 15.8 Å². The molecule has 1 aromatic heterocycles. The summed E-state index contributed by atoms with van der Waals surface area (Å²) in [7, 11) is 0. The molecule has 0 saturated heterocycles. The zero-order valence-electron chi connectivity index (χ0n) is 22.0. The molecule has 1 atom stereocenters. The number of hydrogen-bond acceptors (Lipinski definition) is 5. The van der Waals surface area contributed by atoms with Gasteiger partial charge in [-0.15, -0.1) is 0 Å². The van der Waals surface area contributed by atoms with Crippen LogP contribution < -0.4 is 15.5 Å². The van der Waals surface area contributed by atoms with Gasteiger partial charge in [-0.2, -0.15) is 0 Å². The summed E-state index contributed by atoms with van der Waals surface area (Å²) in [6.07, 6.45) is -0.248. The molecule has 0 saturated carbocycles. The van der Waals surface area contributed by atoms with Crippen molar-refractivity contribution >= 4 is 40.8 Å². The number of halogens is 1. The molecule has 0 bridgehead atoms. The second kappa shape index (κ2) is 11.6. The zero-order chi connectivity index (χ0) is 27.3. The molecule has 9 heteroatoms. The third kappa shape index (κ3) is 7.43. The van der Waals surface area contributed by atoms with Gasteiger partial charge in [0, 0.05) is 40.7 Å². The van der Waals surface area contributed by atoms with Gasteiger partial charge in [-0.05, 0) is 70.9 Å². The lowest BCUT2D eigenvalue weighted by Gasteiger charge is -2.34. The number of hydrogen-bond donors (Lipinski definition) is 2. The highest BCUT2D eigenvalue weighted by Gasteiger charge is 2.35. The lowest BCUT2D eigenvalue weighted by atomic mass is 9.99. The van der Waals surface area contributed by atoms with Crippen LogP contribution in [0, 0.1) is 20.8 Å². The second-order valence-corrected chi connectivity index (χ2v) is 10.5. The van der Waals surface area contributed by atoms with E-state index in [1.54, 1.807) is 43.3 Å². The highest BCUT2D eigenvalue weighted by Crippen LogP contribution is 2.34. The number of aryl methyl sites for hydroxylation is 3. The maximum absolute atomic E-state index is 13.8. The van der Waals surface area contributed by atoms with E-state index in [-0.39, 0.29) is 24.6 Å². The van der Waals surface area contributed by atoms with Crippen LogP contribution in [0.15, 0.2) is 53.1 Å². The maximum atomic E-state index is 13.8. The van der Waals surface area contributed by atoms with Gasteiger partial charge in [-0.1, -0.05) is 41.0 Å². The smallest absolute Gasteiger partial charge is 0.248 e. The molecule has 0 aliphatic carbocycles. The van der Waals surface area contributed by atoms with Crippen molar-refractivity contribution < 1.29 is 18.9 Å². The fraction of sp³-hybridized carbons (Fsp3) is 0.357. The van der Waals surface area contributed by atoms with Gasteiger partial charge in [-0.3, -0.25) is 19.3 Å². The van der Waals surface area contributed by atoms with Crippen LogP contribution >= 0.6 is 11.6 Å². The number of rotatable bonds is 8. The summed E-state index contributed by atoms with van der Waals surface area (Å²) >= 11 is 6.55. The molecule has 196 valence electrons. The standard InChI is InChI=1S/C28H33ClN4O4/c1-17-11-12-20(15-18(17)2)33(25(35)14-13-24(34)30-23-16-19(3)37-32-23)26(27(36)31-28(4,5)6)21-9-7-8-10-22(21)29/h7-12,15-16,26H,13-14H2,1-6H3,(H,31,36)(H,30,32,34)/t26-/m1/s1. The molecule has 0 unspecified atom stereocenters. The summed E-state index contributed by atoms with van der Waals surface area (Å²) < 4.78 is 4.97. The minimum absolute atomic E-state index is 0.109. The molecular formula is C28H33ClN4O4. The van der Waals surface area contributed by atoms with Gasteiger partial charge in [0.05, 0.1) is 0 Å². The Balaban J connectivity index is 2.00. The molecule has 3 amide bonds. The highest BCUT2D eigenvalue weighted by atomic mass is 35.5. The molecule has 0 spiro atoms. The van der Waals surface area contributed by atoms with Crippen LogP contribution in [0.1, 0.15) is 62.1 Å². The van der Waals surface area contributed by atoms with E-state index in [4.69, 9.17) is 16.1 Å². The van der Waals surface area contributed by atoms with Crippen molar-refractivity contribution in [3.05, 3.63) is 76.0 Å². The normalized spacial score (nSPS) is 12.1. The van der Waals surface area contributed by atoms with Crippen molar-refractivity contribution in [1.82, 2.24) is 10.5 Å². The maximum Gasteiger partial charge on any atom is 0.248 e. The van der Waals surface area contributed by atoms with Gasteiger partial charge >= 0.3 is 0 Å². The topological polar surface area (TPSA) is 105 Å². The van der Waals surface area contributed by atoms with Crippen LogP contribution in [0.5, 0.6) is 0 Å². The Kier molecular flexibility index (Phi) is 8.76. The van der Waals surface area contributed by atoms with Crippen LogP contribution in [-0.4, -0.2) is 28.4 Å². The molecule has 0 radical (unpaired) electrons. The molecule has 37 heavy (non-hydrogen) atoms. The van der Waals surface area contributed by atoms with Gasteiger partial charge < -0.3 is 15.2 Å². The number of carbonyl (C=O) groups is 3. The summed E-state index contributed by atoms with van der Waals surface area (Å²) in [5, 5.41) is 9.72. The Hall–Kier alpha value is -3.65. The van der Waals surface area contributed by atoms with Gasteiger partial charge in [0.25, 0.3) is 0 Å². The number of aromatic nitrogens is 1. The lowest BCUT2D eigenvalue weighted by Crippen LogP contribution is -2.49. The summed E-state index contributed by atoms with van der Waals surface area (Å²) in [5.74, 6) is -0.340. The Labute approximate surface area is 222 Å².